The first-order valence-electron chi connectivity index (χ1n) is 9.83. The Hall–Kier alpha value is -1.95. The lowest BCUT2D eigenvalue weighted by atomic mass is 9.94. The number of aromatic nitrogens is 3. The number of halogens is 1. The monoisotopic (exact) mass is 401 g/mol. The van der Waals surface area contributed by atoms with E-state index in [2.05, 4.69) is 16.9 Å². The molecule has 4 atom stereocenters. The van der Waals surface area contributed by atoms with E-state index >= 15 is 0 Å². The van der Waals surface area contributed by atoms with Crippen molar-refractivity contribution in [3.05, 3.63) is 58.6 Å². The van der Waals surface area contributed by atoms with E-state index in [1.807, 2.05) is 62.7 Å². The normalized spacial score (nSPS) is 22.8. The van der Waals surface area contributed by atoms with Crippen molar-refractivity contribution < 1.29 is 9.84 Å². The standard InChI is InChI=1S/C20H22ClN3O2.C2H6/c1-11-8-14(4-5-16(11)21)18(25)19-12(2)9-17(26-19)24-7-6-15-13(3)22-10-23-20(15)24;1-2/h4-8,10,12,17-19,25H,9H2,1-3H3;1-2H3. The van der Waals surface area contributed by atoms with Gasteiger partial charge in [-0.15, -0.1) is 0 Å². The van der Waals surface area contributed by atoms with Crippen molar-refractivity contribution in [1.82, 2.24) is 14.5 Å². The van der Waals surface area contributed by atoms with Crippen LogP contribution in [0.1, 0.15) is 56.3 Å². The second-order valence-corrected chi connectivity index (χ2v) is 7.55. The van der Waals surface area contributed by atoms with Gasteiger partial charge in [-0.25, -0.2) is 9.97 Å². The van der Waals surface area contributed by atoms with Crippen LogP contribution in [0.5, 0.6) is 0 Å². The summed E-state index contributed by atoms with van der Waals surface area (Å²) < 4.78 is 8.31. The van der Waals surface area contributed by atoms with Crippen molar-refractivity contribution >= 4 is 22.6 Å². The van der Waals surface area contributed by atoms with E-state index in [-0.39, 0.29) is 18.2 Å². The third-order valence-electron chi connectivity index (χ3n) is 5.30. The Labute approximate surface area is 171 Å². The van der Waals surface area contributed by atoms with Crippen molar-refractivity contribution in [2.75, 3.05) is 0 Å². The maximum absolute atomic E-state index is 10.9. The number of benzene rings is 1. The van der Waals surface area contributed by atoms with E-state index < -0.39 is 6.10 Å². The smallest absolute Gasteiger partial charge is 0.145 e. The second-order valence-electron chi connectivity index (χ2n) is 7.14. The Balaban J connectivity index is 0.00000109. The summed E-state index contributed by atoms with van der Waals surface area (Å²) in [5.74, 6) is 0.214. The fraction of sp³-hybridized carbons (Fsp3) is 0.455. The van der Waals surface area contributed by atoms with Gasteiger partial charge in [-0.05, 0) is 49.4 Å². The maximum atomic E-state index is 10.9. The predicted molar refractivity (Wildman–Crippen MR) is 112 cm³/mol. The molecule has 5 nitrogen and oxygen atoms in total. The van der Waals surface area contributed by atoms with E-state index in [0.717, 1.165) is 34.3 Å². The van der Waals surface area contributed by atoms with Gasteiger partial charge in [0.25, 0.3) is 0 Å². The zero-order valence-electron chi connectivity index (χ0n) is 17.1. The summed E-state index contributed by atoms with van der Waals surface area (Å²) in [6.45, 7) is 10.0. The lowest BCUT2D eigenvalue weighted by Crippen LogP contribution is -2.23. The van der Waals surface area contributed by atoms with Crippen molar-refractivity contribution in [2.24, 2.45) is 5.92 Å². The van der Waals surface area contributed by atoms with E-state index in [4.69, 9.17) is 16.3 Å². The highest BCUT2D eigenvalue weighted by Gasteiger charge is 2.38. The minimum atomic E-state index is -0.691. The highest BCUT2D eigenvalue weighted by Crippen LogP contribution is 2.40. The molecule has 3 aromatic rings. The molecule has 1 N–H and O–H groups in total. The molecular formula is C22H28ClN3O2. The molecule has 0 aliphatic carbocycles. The summed E-state index contributed by atoms with van der Waals surface area (Å²) in [4.78, 5) is 8.66. The first-order valence-corrected chi connectivity index (χ1v) is 10.2. The van der Waals surface area contributed by atoms with Crippen LogP contribution in [0.15, 0.2) is 36.8 Å². The predicted octanol–water partition coefficient (Wildman–Crippen LogP) is 5.38. The average molecular weight is 402 g/mol. The van der Waals surface area contributed by atoms with Gasteiger partial charge in [-0.2, -0.15) is 0 Å². The number of aliphatic hydroxyl groups excluding tert-OH is 1. The van der Waals surface area contributed by atoms with Gasteiger partial charge in [0.1, 0.15) is 24.3 Å². The fourth-order valence-electron chi connectivity index (χ4n) is 3.76. The molecule has 0 radical (unpaired) electrons. The minimum absolute atomic E-state index is 0.148. The van der Waals surface area contributed by atoms with Crippen molar-refractivity contribution in [2.45, 2.75) is 59.5 Å². The van der Waals surface area contributed by atoms with Crippen LogP contribution in [0.25, 0.3) is 11.0 Å². The van der Waals surface area contributed by atoms with Crippen LogP contribution in [0.4, 0.5) is 0 Å². The molecule has 1 fully saturated rings. The zero-order valence-corrected chi connectivity index (χ0v) is 17.8. The Bertz CT molecular complexity index is 956. The molecule has 3 heterocycles. The van der Waals surface area contributed by atoms with Gasteiger partial charge < -0.3 is 14.4 Å². The van der Waals surface area contributed by atoms with Crippen LogP contribution in [-0.4, -0.2) is 25.7 Å². The number of ether oxygens (including phenoxy) is 1. The van der Waals surface area contributed by atoms with Crippen LogP contribution in [0, 0.1) is 19.8 Å². The van der Waals surface area contributed by atoms with Crippen molar-refractivity contribution in [3.8, 4) is 0 Å². The van der Waals surface area contributed by atoms with Crippen LogP contribution in [-0.2, 0) is 4.74 Å². The lowest BCUT2D eigenvalue weighted by Gasteiger charge is -2.23. The molecule has 2 aromatic heterocycles. The highest BCUT2D eigenvalue weighted by atomic mass is 35.5. The molecule has 1 saturated heterocycles. The molecule has 6 heteroatoms. The number of aryl methyl sites for hydroxylation is 2. The largest absolute Gasteiger partial charge is 0.386 e. The number of rotatable bonds is 3. The molecule has 0 amide bonds. The van der Waals surface area contributed by atoms with E-state index in [0.29, 0.717) is 5.02 Å². The number of nitrogens with zero attached hydrogens (tertiary/aromatic N) is 3. The van der Waals surface area contributed by atoms with Crippen molar-refractivity contribution in [1.29, 1.82) is 0 Å². The second kappa shape index (κ2) is 8.60. The Morgan fingerprint density at radius 1 is 1.21 bits per heavy atom. The third kappa shape index (κ3) is 3.79. The molecule has 0 saturated carbocycles. The van der Waals surface area contributed by atoms with Gasteiger partial charge in [0.15, 0.2) is 0 Å². The van der Waals surface area contributed by atoms with Gasteiger partial charge in [0, 0.05) is 16.6 Å². The molecule has 1 aliphatic rings. The quantitative estimate of drug-likeness (QED) is 0.639. The fourth-order valence-corrected chi connectivity index (χ4v) is 3.88. The van der Waals surface area contributed by atoms with Gasteiger partial charge in [0.05, 0.1) is 11.8 Å². The zero-order chi connectivity index (χ0) is 20.4. The van der Waals surface area contributed by atoms with E-state index in [1.54, 1.807) is 6.33 Å². The van der Waals surface area contributed by atoms with Gasteiger partial charge >= 0.3 is 0 Å². The molecule has 28 heavy (non-hydrogen) atoms. The molecule has 4 rings (SSSR count). The molecule has 150 valence electrons. The van der Waals surface area contributed by atoms with Crippen LogP contribution in [0.3, 0.4) is 0 Å². The third-order valence-corrected chi connectivity index (χ3v) is 5.73. The summed E-state index contributed by atoms with van der Waals surface area (Å²) in [6, 6.07) is 7.64. The Kier molecular flexibility index (Phi) is 6.38. The average Bonchev–Trinajstić information content (AvgIpc) is 3.29. The summed E-state index contributed by atoms with van der Waals surface area (Å²) in [5.41, 5.74) is 3.61. The summed E-state index contributed by atoms with van der Waals surface area (Å²) in [6.07, 6.45) is 3.27. The molecule has 1 aliphatic heterocycles. The van der Waals surface area contributed by atoms with Gasteiger partial charge in [-0.1, -0.05) is 44.5 Å². The Morgan fingerprint density at radius 2 is 1.96 bits per heavy atom. The van der Waals surface area contributed by atoms with Crippen molar-refractivity contribution in [3.63, 3.8) is 0 Å². The topological polar surface area (TPSA) is 60.2 Å². The molecule has 1 aromatic carbocycles. The summed E-state index contributed by atoms with van der Waals surface area (Å²) >= 11 is 6.10. The summed E-state index contributed by atoms with van der Waals surface area (Å²) in [7, 11) is 0. The first-order chi connectivity index (χ1) is 13.5. The molecular weight excluding hydrogens is 374 g/mol. The highest BCUT2D eigenvalue weighted by molar-refractivity contribution is 6.31. The minimum Gasteiger partial charge on any atom is -0.386 e. The van der Waals surface area contributed by atoms with E-state index in [9.17, 15) is 5.11 Å². The van der Waals surface area contributed by atoms with Crippen LogP contribution in [0.2, 0.25) is 5.02 Å². The summed E-state index contributed by atoms with van der Waals surface area (Å²) in [5, 5.41) is 12.6. The Morgan fingerprint density at radius 3 is 2.68 bits per heavy atom. The van der Waals surface area contributed by atoms with Gasteiger partial charge in [-0.3, -0.25) is 0 Å². The van der Waals surface area contributed by atoms with Crippen LogP contribution < -0.4 is 0 Å². The number of hydrogen-bond acceptors (Lipinski definition) is 4. The SMILES string of the molecule is CC.Cc1cc(C(O)C2OC(n3ccc4c(C)ncnc43)CC2C)ccc1Cl. The molecule has 0 spiro atoms. The van der Waals surface area contributed by atoms with Gasteiger partial charge in [0.2, 0.25) is 0 Å². The lowest BCUT2D eigenvalue weighted by molar-refractivity contribution is -0.0675. The van der Waals surface area contributed by atoms with E-state index in [1.165, 1.54) is 0 Å². The molecule has 4 unspecified atom stereocenters. The maximum Gasteiger partial charge on any atom is 0.145 e. The number of fused-ring (bicyclic) bond motifs is 1. The van der Waals surface area contributed by atoms with Crippen LogP contribution >= 0.6 is 11.6 Å². The number of hydrogen-bond donors (Lipinski definition) is 1. The molecule has 0 bridgehead atoms. The first kappa shape index (κ1) is 20.8. The number of aliphatic hydroxyl groups is 1.